The average molecular weight is 250 g/mol. The third-order valence-electron chi connectivity index (χ3n) is 3.96. The van der Waals surface area contributed by atoms with Gasteiger partial charge < -0.3 is 15.2 Å². The molecule has 0 aliphatic carbocycles. The van der Waals surface area contributed by atoms with Crippen LogP contribution in [0.5, 0.6) is 5.75 Å². The Hall–Kier alpha value is -1.13. The molecule has 1 aliphatic heterocycles. The summed E-state index contributed by atoms with van der Waals surface area (Å²) in [5.74, 6) is 0.916. The van der Waals surface area contributed by atoms with Crippen LogP contribution in [0.2, 0.25) is 0 Å². The van der Waals surface area contributed by atoms with Crippen molar-refractivity contribution in [2.45, 2.75) is 26.7 Å². The zero-order valence-corrected chi connectivity index (χ0v) is 11.4. The lowest BCUT2D eigenvalue weighted by molar-refractivity contribution is 0.141. The fourth-order valence-electron chi connectivity index (χ4n) is 2.74. The van der Waals surface area contributed by atoms with Crippen molar-refractivity contribution >= 4 is 0 Å². The fraction of sp³-hybridized carbons (Fsp3) is 0.643. The van der Waals surface area contributed by atoms with Crippen molar-refractivity contribution in [3.05, 3.63) is 23.0 Å². The number of hydrogen-bond acceptors (Lipinski definition) is 4. The summed E-state index contributed by atoms with van der Waals surface area (Å²) in [6.45, 7) is 6.09. The molecule has 18 heavy (non-hydrogen) atoms. The van der Waals surface area contributed by atoms with Crippen molar-refractivity contribution in [3.8, 4) is 5.75 Å². The Kier molecular flexibility index (Phi) is 3.88. The van der Waals surface area contributed by atoms with Gasteiger partial charge in [-0.25, -0.2) is 0 Å². The molecule has 0 aromatic carbocycles. The quantitative estimate of drug-likeness (QED) is 0.843. The molecule has 1 aliphatic rings. The lowest BCUT2D eigenvalue weighted by atomic mass is 9.82. The maximum atomic E-state index is 9.65. The molecule has 1 fully saturated rings. The predicted molar refractivity (Wildman–Crippen MR) is 71.0 cm³/mol. The van der Waals surface area contributed by atoms with Gasteiger partial charge in [-0.2, -0.15) is 0 Å². The smallest absolute Gasteiger partial charge is 0.128 e. The van der Waals surface area contributed by atoms with Crippen LogP contribution in [-0.4, -0.2) is 36.9 Å². The van der Waals surface area contributed by atoms with Crippen LogP contribution < -0.4 is 10.1 Å². The number of ether oxygens (including phenoxy) is 1. The number of nitrogens with zero attached hydrogens (tertiary/aromatic N) is 1. The Bertz CT molecular complexity index is 426. The number of rotatable bonds is 4. The zero-order chi connectivity index (χ0) is 13.2. The van der Waals surface area contributed by atoms with E-state index < -0.39 is 0 Å². The molecular weight excluding hydrogens is 228 g/mol. The topological polar surface area (TPSA) is 54.4 Å². The van der Waals surface area contributed by atoms with Crippen LogP contribution in [-0.2, 0) is 6.42 Å². The summed E-state index contributed by atoms with van der Waals surface area (Å²) in [6.07, 6.45) is 3.66. The van der Waals surface area contributed by atoms with Crippen molar-refractivity contribution in [3.63, 3.8) is 0 Å². The fourth-order valence-corrected chi connectivity index (χ4v) is 2.74. The second-order valence-electron chi connectivity index (χ2n) is 5.31. The molecule has 1 aromatic rings. The monoisotopic (exact) mass is 250 g/mol. The molecular formula is C14H22N2O2. The van der Waals surface area contributed by atoms with E-state index in [1.807, 2.05) is 20.0 Å². The van der Waals surface area contributed by atoms with Crippen molar-refractivity contribution in [1.29, 1.82) is 0 Å². The molecule has 100 valence electrons. The van der Waals surface area contributed by atoms with Gasteiger partial charge in [-0.15, -0.1) is 0 Å². The number of nitrogens with one attached hydrogen (secondary N) is 1. The van der Waals surface area contributed by atoms with Crippen LogP contribution in [0.15, 0.2) is 6.20 Å². The summed E-state index contributed by atoms with van der Waals surface area (Å²) < 4.78 is 5.43. The molecule has 1 aromatic heterocycles. The summed E-state index contributed by atoms with van der Waals surface area (Å²) in [7, 11) is 1.69. The highest BCUT2D eigenvalue weighted by Crippen LogP contribution is 2.32. The minimum Gasteiger partial charge on any atom is -0.496 e. The Labute approximate surface area is 108 Å². The molecule has 2 rings (SSSR count). The second-order valence-corrected chi connectivity index (χ2v) is 5.31. The van der Waals surface area contributed by atoms with E-state index in [-0.39, 0.29) is 12.0 Å². The minimum absolute atomic E-state index is 0.0575. The zero-order valence-electron chi connectivity index (χ0n) is 11.4. The summed E-state index contributed by atoms with van der Waals surface area (Å²) in [5.41, 5.74) is 3.13. The van der Waals surface area contributed by atoms with Gasteiger partial charge in [-0.1, -0.05) is 0 Å². The maximum Gasteiger partial charge on any atom is 0.128 e. The lowest BCUT2D eigenvalue weighted by Gasteiger charge is -2.26. The standard InChI is InChI=1S/C14H22N2O2/c1-10-7-16-12(11(2)13(10)18-3)6-14(9-17)4-5-15-8-14/h7,15,17H,4-6,8-9H2,1-3H3. The number of pyridine rings is 1. The number of hydrogen-bond donors (Lipinski definition) is 2. The van der Waals surface area contributed by atoms with E-state index >= 15 is 0 Å². The number of aliphatic hydroxyl groups is 1. The normalized spacial score (nSPS) is 23.3. The summed E-state index contributed by atoms with van der Waals surface area (Å²) >= 11 is 0. The molecule has 4 heteroatoms. The first kappa shape index (κ1) is 13.3. The van der Waals surface area contributed by atoms with Crippen LogP contribution in [0.1, 0.15) is 23.2 Å². The van der Waals surface area contributed by atoms with E-state index in [0.717, 1.165) is 48.5 Å². The van der Waals surface area contributed by atoms with Gasteiger partial charge in [0.05, 0.1) is 13.7 Å². The minimum atomic E-state index is -0.0575. The van der Waals surface area contributed by atoms with Crippen molar-refractivity contribution in [1.82, 2.24) is 10.3 Å². The third kappa shape index (κ3) is 2.35. The molecule has 1 unspecified atom stereocenters. The highest BCUT2D eigenvalue weighted by Gasteiger charge is 2.34. The molecule has 0 radical (unpaired) electrons. The second kappa shape index (κ2) is 5.24. The van der Waals surface area contributed by atoms with E-state index in [1.165, 1.54) is 0 Å². The van der Waals surface area contributed by atoms with Crippen LogP contribution in [0.4, 0.5) is 0 Å². The molecule has 0 saturated carbocycles. The lowest BCUT2D eigenvalue weighted by Crippen LogP contribution is -2.31. The molecule has 2 heterocycles. The Morgan fingerprint density at radius 1 is 1.50 bits per heavy atom. The van der Waals surface area contributed by atoms with Crippen molar-refractivity contribution < 1.29 is 9.84 Å². The molecule has 4 nitrogen and oxygen atoms in total. The summed E-state index contributed by atoms with van der Waals surface area (Å²) in [6, 6.07) is 0. The van der Waals surface area contributed by atoms with Gasteiger partial charge in [0.25, 0.3) is 0 Å². The molecule has 0 bridgehead atoms. The van der Waals surface area contributed by atoms with Crippen molar-refractivity contribution in [2.24, 2.45) is 5.41 Å². The van der Waals surface area contributed by atoms with Gasteiger partial charge in [0.2, 0.25) is 0 Å². The number of aryl methyl sites for hydroxylation is 1. The predicted octanol–water partition coefficient (Wildman–Crippen LogP) is 1.22. The molecule has 1 atom stereocenters. The summed E-state index contributed by atoms with van der Waals surface area (Å²) in [4.78, 5) is 4.52. The first-order valence-corrected chi connectivity index (χ1v) is 6.42. The van der Waals surface area contributed by atoms with Crippen LogP contribution in [0.25, 0.3) is 0 Å². The first-order chi connectivity index (χ1) is 8.62. The largest absolute Gasteiger partial charge is 0.496 e. The molecule has 2 N–H and O–H groups in total. The number of aromatic nitrogens is 1. The highest BCUT2D eigenvalue weighted by atomic mass is 16.5. The third-order valence-corrected chi connectivity index (χ3v) is 3.96. The van der Waals surface area contributed by atoms with Crippen LogP contribution in [0, 0.1) is 19.3 Å². The van der Waals surface area contributed by atoms with Gasteiger partial charge in [-0.3, -0.25) is 4.98 Å². The first-order valence-electron chi connectivity index (χ1n) is 6.42. The van der Waals surface area contributed by atoms with Crippen molar-refractivity contribution in [2.75, 3.05) is 26.8 Å². The number of aliphatic hydroxyl groups excluding tert-OH is 1. The van der Waals surface area contributed by atoms with Gasteiger partial charge in [-0.05, 0) is 33.2 Å². The SMILES string of the molecule is COc1c(C)cnc(CC2(CO)CCNC2)c1C. The van der Waals surface area contributed by atoms with E-state index in [0.29, 0.717) is 0 Å². The van der Waals surface area contributed by atoms with E-state index in [9.17, 15) is 5.11 Å². The Morgan fingerprint density at radius 2 is 2.28 bits per heavy atom. The Balaban J connectivity index is 2.29. The summed E-state index contributed by atoms with van der Waals surface area (Å²) in [5, 5.41) is 13.0. The van der Waals surface area contributed by atoms with Crippen LogP contribution in [0.3, 0.4) is 0 Å². The van der Waals surface area contributed by atoms with E-state index in [2.05, 4.69) is 10.3 Å². The van der Waals surface area contributed by atoms with Gasteiger partial charge in [0.15, 0.2) is 0 Å². The Morgan fingerprint density at radius 3 is 2.83 bits per heavy atom. The highest BCUT2D eigenvalue weighted by molar-refractivity contribution is 5.41. The molecule has 0 spiro atoms. The van der Waals surface area contributed by atoms with E-state index in [1.54, 1.807) is 7.11 Å². The van der Waals surface area contributed by atoms with Crippen LogP contribution >= 0.6 is 0 Å². The molecule has 1 saturated heterocycles. The van der Waals surface area contributed by atoms with Gasteiger partial charge in [0, 0.05) is 35.0 Å². The maximum absolute atomic E-state index is 9.65. The average Bonchev–Trinajstić information content (AvgIpc) is 2.83. The van der Waals surface area contributed by atoms with Gasteiger partial charge in [0.1, 0.15) is 5.75 Å². The van der Waals surface area contributed by atoms with Gasteiger partial charge >= 0.3 is 0 Å². The molecule has 0 amide bonds. The van der Waals surface area contributed by atoms with E-state index in [4.69, 9.17) is 4.74 Å². The number of methoxy groups -OCH3 is 1.